The van der Waals surface area contributed by atoms with Crippen molar-refractivity contribution in [3.8, 4) is 6.07 Å². The third-order valence-electron chi connectivity index (χ3n) is 2.44. The molecule has 1 fully saturated rings. The number of hydrogen-bond acceptors (Lipinski definition) is 4. The molecule has 0 spiro atoms. The first-order valence-electron chi connectivity index (χ1n) is 5.47. The molecule has 1 aliphatic rings. The number of para-hydroxylation sites is 1. The van der Waals surface area contributed by atoms with Crippen LogP contribution >= 0.6 is 0 Å². The lowest BCUT2D eigenvalue weighted by Gasteiger charge is -2.07. The van der Waals surface area contributed by atoms with Gasteiger partial charge in [-0.25, -0.2) is 15.1 Å². The first kappa shape index (κ1) is 12.5. The second-order valence-electron chi connectivity index (χ2n) is 3.66. The number of benzene rings is 1. The lowest BCUT2D eigenvalue weighted by molar-refractivity contribution is -0.485. The molecule has 1 saturated heterocycles. The molecule has 8 nitrogen and oxygen atoms in total. The molecule has 0 amide bonds. The van der Waals surface area contributed by atoms with Crippen molar-refractivity contribution in [3.05, 3.63) is 39.9 Å². The molecular weight excluding hydrogens is 248 g/mol. The van der Waals surface area contributed by atoms with E-state index in [1.165, 1.54) is 11.2 Å². The molecule has 96 valence electrons. The Kier molecular flexibility index (Phi) is 3.68. The number of rotatable bonds is 3. The lowest BCUT2D eigenvalue weighted by Crippen LogP contribution is -2.29. The van der Waals surface area contributed by atoms with Crippen molar-refractivity contribution in [2.24, 2.45) is 10.1 Å². The number of guanidine groups is 1. The van der Waals surface area contributed by atoms with E-state index >= 15 is 0 Å². The number of nitro groups is 1. The van der Waals surface area contributed by atoms with Gasteiger partial charge in [-0.2, -0.15) is 5.26 Å². The molecule has 1 aromatic carbocycles. The summed E-state index contributed by atoms with van der Waals surface area (Å²) >= 11 is 0. The van der Waals surface area contributed by atoms with Crippen molar-refractivity contribution >= 4 is 18.0 Å². The fourth-order valence-corrected chi connectivity index (χ4v) is 1.59. The molecule has 0 radical (unpaired) electrons. The third kappa shape index (κ3) is 3.04. The predicted molar refractivity (Wildman–Crippen MR) is 68.4 cm³/mol. The van der Waals surface area contributed by atoms with Crippen LogP contribution in [-0.4, -0.2) is 35.3 Å². The van der Waals surface area contributed by atoms with Gasteiger partial charge in [0.1, 0.15) is 11.2 Å². The van der Waals surface area contributed by atoms with Crippen LogP contribution in [0.25, 0.3) is 0 Å². The van der Waals surface area contributed by atoms with E-state index in [1.54, 1.807) is 24.3 Å². The SMILES string of the molecule is N#Cc1ccccc1/N=C/N1CCN/C1=N\[N+](=O)[O-]. The van der Waals surface area contributed by atoms with Gasteiger partial charge in [-0.3, -0.25) is 4.90 Å². The van der Waals surface area contributed by atoms with Crippen LogP contribution in [0.4, 0.5) is 5.69 Å². The molecule has 0 atom stereocenters. The number of hydrazone groups is 1. The number of nitrogens with one attached hydrogen (secondary N) is 1. The highest BCUT2D eigenvalue weighted by atomic mass is 16.7. The topological polar surface area (TPSA) is 107 Å². The number of nitrogens with zero attached hydrogens (tertiary/aromatic N) is 5. The first-order valence-corrected chi connectivity index (χ1v) is 5.47. The van der Waals surface area contributed by atoms with E-state index in [0.29, 0.717) is 24.3 Å². The molecule has 0 aromatic heterocycles. The van der Waals surface area contributed by atoms with Crippen LogP contribution in [0.15, 0.2) is 34.4 Å². The summed E-state index contributed by atoms with van der Waals surface area (Å²) in [6, 6.07) is 8.89. The summed E-state index contributed by atoms with van der Waals surface area (Å²) < 4.78 is 0. The molecule has 1 aliphatic heterocycles. The summed E-state index contributed by atoms with van der Waals surface area (Å²) in [5.74, 6) is 0.142. The Morgan fingerprint density at radius 2 is 2.32 bits per heavy atom. The van der Waals surface area contributed by atoms with E-state index in [4.69, 9.17) is 5.26 Å². The third-order valence-corrected chi connectivity index (χ3v) is 2.44. The largest absolute Gasteiger partial charge is 0.349 e. The van der Waals surface area contributed by atoms with Gasteiger partial charge in [0.2, 0.25) is 0 Å². The molecule has 8 heteroatoms. The minimum absolute atomic E-state index is 0.142. The number of aliphatic imine (C=N–C) groups is 1. The Hall–Kier alpha value is -2.95. The van der Waals surface area contributed by atoms with E-state index in [0.717, 1.165) is 0 Å². The van der Waals surface area contributed by atoms with Crippen molar-refractivity contribution in [3.63, 3.8) is 0 Å². The zero-order chi connectivity index (χ0) is 13.7. The summed E-state index contributed by atoms with van der Waals surface area (Å²) in [5, 5.41) is 24.5. The van der Waals surface area contributed by atoms with E-state index in [1.807, 2.05) is 6.07 Å². The molecule has 2 rings (SSSR count). The van der Waals surface area contributed by atoms with Crippen LogP contribution in [0.2, 0.25) is 0 Å². The van der Waals surface area contributed by atoms with Gasteiger partial charge in [0, 0.05) is 13.1 Å². The fraction of sp³-hybridized carbons (Fsp3) is 0.182. The van der Waals surface area contributed by atoms with Crippen molar-refractivity contribution < 1.29 is 5.03 Å². The monoisotopic (exact) mass is 258 g/mol. The number of hydrogen-bond donors (Lipinski definition) is 1. The van der Waals surface area contributed by atoms with Gasteiger partial charge in [-0.1, -0.05) is 12.1 Å². The van der Waals surface area contributed by atoms with Gasteiger partial charge in [0.15, 0.2) is 5.03 Å². The molecule has 0 unspecified atom stereocenters. The average molecular weight is 258 g/mol. The summed E-state index contributed by atoms with van der Waals surface area (Å²) in [5.41, 5.74) is 0.955. The highest BCUT2D eigenvalue weighted by molar-refractivity contribution is 5.92. The van der Waals surface area contributed by atoms with Crippen LogP contribution in [0.1, 0.15) is 5.56 Å². The smallest absolute Gasteiger partial charge is 0.276 e. The zero-order valence-electron chi connectivity index (χ0n) is 9.85. The first-order chi connectivity index (χ1) is 9.20. The van der Waals surface area contributed by atoms with Crippen molar-refractivity contribution in [1.29, 1.82) is 5.26 Å². The highest BCUT2D eigenvalue weighted by Gasteiger charge is 2.19. The molecule has 0 aliphatic carbocycles. The van der Waals surface area contributed by atoms with Crippen molar-refractivity contribution in [2.45, 2.75) is 0 Å². The van der Waals surface area contributed by atoms with Crippen LogP contribution in [-0.2, 0) is 0 Å². The maximum absolute atomic E-state index is 10.3. The van der Waals surface area contributed by atoms with Crippen LogP contribution in [0, 0.1) is 21.4 Å². The molecule has 0 saturated carbocycles. The lowest BCUT2D eigenvalue weighted by atomic mass is 10.2. The summed E-state index contributed by atoms with van der Waals surface area (Å²) in [4.78, 5) is 16.0. The van der Waals surface area contributed by atoms with E-state index in [2.05, 4.69) is 15.4 Å². The van der Waals surface area contributed by atoms with Gasteiger partial charge in [-0.15, -0.1) is 0 Å². The zero-order valence-corrected chi connectivity index (χ0v) is 9.85. The molecule has 19 heavy (non-hydrogen) atoms. The van der Waals surface area contributed by atoms with Gasteiger partial charge >= 0.3 is 0 Å². The Bertz CT molecular complexity index is 589. The van der Waals surface area contributed by atoms with E-state index in [-0.39, 0.29) is 5.96 Å². The van der Waals surface area contributed by atoms with Gasteiger partial charge in [0.05, 0.1) is 17.6 Å². The average Bonchev–Trinajstić information content (AvgIpc) is 2.83. The van der Waals surface area contributed by atoms with Gasteiger partial charge in [0.25, 0.3) is 5.96 Å². The predicted octanol–water partition coefficient (Wildman–Crippen LogP) is 0.671. The maximum Gasteiger partial charge on any atom is 0.276 e. The fourth-order valence-electron chi connectivity index (χ4n) is 1.59. The quantitative estimate of drug-likeness (QED) is 0.371. The summed E-state index contributed by atoms with van der Waals surface area (Å²) in [6.45, 7) is 1.09. The normalized spacial score (nSPS) is 16.6. The maximum atomic E-state index is 10.3. The molecule has 1 N–H and O–H groups in total. The second kappa shape index (κ2) is 5.59. The van der Waals surface area contributed by atoms with Crippen LogP contribution in [0.3, 0.4) is 0 Å². The second-order valence-corrected chi connectivity index (χ2v) is 3.66. The summed E-state index contributed by atoms with van der Waals surface area (Å²) in [6.07, 6.45) is 1.43. The molecular formula is C11H10N6O2. The van der Waals surface area contributed by atoms with Gasteiger partial charge in [-0.05, 0) is 12.1 Å². The van der Waals surface area contributed by atoms with Gasteiger partial charge < -0.3 is 5.32 Å². The minimum atomic E-state index is -0.766. The summed E-state index contributed by atoms with van der Waals surface area (Å²) in [7, 11) is 0. The van der Waals surface area contributed by atoms with Crippen molar-refractivity contribution in [1.82, 2.24) is 10.2 Å². The Labute approximate surface area is 108 Å². The van der Waals surface area contributed by atoms with Crippen LogP contribution < -0.4 is 5.32 Å². The van der Waals surface area contributed by atoms with E-state index < -0.39 is 5.03 Å². The molecule has 0 bridgehead atoms. The van der Waals surface area contributed by atoms with E-state index in [9.17, 15) is 10.1 Å². The standard InChI is InChI=1S/C11H10N6O2/c12-7-9-3-1-2-4-10(9)14-8-16-6-5-13-11(16)15-17(18)19/h1-4,8H,5-6H2,(H,13,15)/b14-8+. The molecule has 1 heterocycles. The number of nitriles is 1. The Morgan fingerprint density at radius 1 is 1.53 bits per heavy atom. The Balaban J connectivity index is 2.19. The van der Waals surface area contributed by atoms with Crippen molar-refractivity contribution in [2.75, 3.05) is 13.1 Å². The van der Waals surface area contributed by atoms with Crippen LogP contribution in [0.5, 0.6) is 0 Å². The minimum Gasteiger partial charge on any atom is -0.349 e. The Morgan fingerprint density at radius 3 is 3.05 bits per heavy atom. The molecule has 1 aromatic rings. The highest BCUT2D eigenvalue weighted by Crippen LogP contribution is 2.16.